The molecule has 25 heavy (non-hydrogen) atoms. The van der Waals surface area contributed by atoms with Gasteiger partial charge in [-0.15, -0.1) is 11.3 Å². The third kappa shape index (κ3) is 4.79. The van der Waals surface area contributed by atoms with Gasteiger partial charge in [0.15, 0.2) is 5.69 Å². The fourth-order valence-electron chi connectivity index (χ4n) is 2.01. The SMILES string of the molecule is CC(=O)Nc1ccc(C(=O)NC(C)(C)c2nc(C(F)(F)F)cs2)cc1. The molecule has 0 aliphatic heterocycles. The number of thiazole rings is 1. The van der Waals surface area contributed by atoms with E-state index in [0.29, 0.717) is 11.3 Å². The topological polar surface area (TPSA) is 71.1 Å². The Morgan fingerprint density at radius 3 is 2.20 bits per heavy atom. The molecule has 0 atom stereocenters. The minimum absolute atomic E-state index is 0.156. The molecule has 0 aliphatic rings. The van der Waals surface area contributed by atoms with E-state index >= 15 is 0 Å². The summed E-state index contributed by atoms with van der Waals surface area (Å²) in [6, 6.07) is 6.16. The zero-order chi connectivity index (χ0) is 18.8. The zero-order valence-electron chi connectivity index (χ0n) is 13.7. The molecule has 134 valence electrons. The maximum absolute atomic E-state index is 12.7. The highest BCUT2D eigenvalue weighted by Gasteiger charge is 2.36. The van der Waals surface area contributed by atoms with Crippen LogP contribution < -0.4 is 10.6 Å². The van der Waals surface area contributed by atoms with E-state index in [1.807, 2.05) is 0 Å². The van der Waals surface area contributed by atoms with Crippen molar-refractivity contribution in [3.8, 4) is 0 Å². The molecule has 1 aromatic heterocycles. The first-order valence-electron chi connectivity index (χ1n) is 7.22. The lowest BCUT2D eigenvalue weighted by Gasteiger charge is -2.24. The average Bonchev–Trinajstić information content (AvgIpc) is 2.97. The summed E-state index contributed by atoms with van der Waals surface area (Å²) in [7, 11) is 0. The standard InChI is InChI=1S/C16H16F3N3O2S/c1-9(23)20-11-6-4-10(5-7-11)13(24)22-15(2,3)14-21-12(8-25-14)16(17,18)19/h4-8H,1-3H3,(H,20,23)(H,22,24). The van der Waals surface area contributed by atoms with Crippen molar-refractivity contribution >= 4 is 28.8 Å². The zero-order valence-corrected chi connectivity index (χ0v) is 14.5. The quantitative estimate of drug-likeness (QED) is 0.859. The second kappa shape index (κ2) is 6.83. The lowest BCUT2D eigenvalue weighted by Crippen LogP contribution is -2.41. The molecule has 0 aliphatic carbocycles. The van der Waals surface area contributed by atoms with Crippen LogP contribution in [0.3, 0.4) is 0 Å². The lowest BCUT2D eigenvalue weighted by molar-refractivity contribution is -0.140. The number of aromatic nitrogens is 1. The van der Waals surface area contributed by atoms with Gasteiger partial charge in [0.05, 0.1) is 5.54 Å². The number of nitrogens with one attached hydrogen (secondary N) is 2. The van der Waals surface area contributed by atoms with E-state index in [-0.39, 0.29) is 10.9 Å². The molecule has 5 nitrogen and oxygen atoms in total. The Labute approximate surface area is 146 Å². The second-order valence-electron chi connectivity index (χ2n) is 5.87. The molecule has 2 amide bonds. The summed E-state index contributed by atoms with van der Waals surface area (Å²) in [5.74, 6) is -0.689. The molecule has 2 aromatic rings. The molecular formula is C16H16F3N3O2S. The lowest BCUT2D eigenvalue weighted by atomic mass is 10.1. The number of hydrogen-bond donors (Lipinski definition) is 2. The number of carbonyl (C=O) groups is 2. The monoisotopic (exact) mass is 371 g/mol. The van der Waals surface area contributed by atoms with Crippen LogP contribution in [-0.4, -0.2) is 16.8 Å². The Morgan fingerprint density at radius 1 is 1.12 bits per heavy atom. The van der Waals surface area contributed by atoms with Crippen molar-refractivity contribution in [3.05, 3.63) is 45.9 Å². The Kier molecular flexibility index (Phi) is 5.17. The number of halogens is 3. The summed E-state index contributed by atoms with van der Waals surface area (Å²) in [5.41, 5.74) is -1.19. The minimum atomic E-state index is -4.52. The van der Waals surface area contributed by atoms with E-state index in [4.69, 9.17) is 0 Å². The third-order valence-corrected chi connectivity index (χ3v) is 4.39. The summed E-state index contributed by atoms with van der Waals surface area (Å²) >= 11 is 0.836. The molecule has 0 spiro atoms. The summed E-state index contributed by atoms with van der Waals surface area (Å²) < 4.78 is 38.0. The van der Waals surface area contributed by atoms with Crippen LogP contribution in [0.25, 0.3) is 0 Å². The second-order valence-corrected chi connectivity index (χ2v) is 6.73. The van der Waals surface area contributed by atoms with Crippen LogP contribution in [0.15, 0.2) is 29.6 Å². The predicted molar refractivity (Wildman–Crippen MR) is 88.4 cm³/mol. The number of hydrogen-bond acceptors (Lipinski definition) is 4. The van der Waals surface area contributed by atoms with Gasteiger partial charge in [-0.1, -0.05) is 0 Å². The van der Waals surface area contributed by atoms with Crippen LogP contribution in [0, 0.1) is 0 Å². The fraction of sp³-hybridized carbons (Fsp3) is 0.312. The first kappa shape index (κ1) is 18.9. The van der Waals surface area contributed by atoms with Gasteiger partial charge < -0.3 is 10.6 Å². The minimum Gasteiger partial charge on any atom is -0.341 e. The van der Waals surface area contributed by atoms with E-state index in [9.17, 15) is 22.8 Å². The molecule has 9 heteroatoms. The summed E-state index contributed by atoms with van der Waals surface area (Å²) in [6.07, 6.45) is -4.52. The van der Waals surface area contributed by atoms with E-state index in [1.165, 1.54) is 19.1 Å². The van der Waals surface area contributed by atoms with Crippen molar-refractivity contribution < 1.29 is 22.8 Å². The number of nitrogens with zero attached hydrogens (tertiary/aromatic N) is 1. The Morgan fingerprint density at radius 2 is 1.72 bits per heavy atom. The fourth-order valence-corrected chi connectivity index (χ4v) is 2.91. The van der Waals surface area contributed by atoms with Crippen molar-refractivity contribution in [3.63, 3.8) is 0 Å². The van der Waals surface area contributed by atoms with E-state index < -0.39 is 23.3 Å². The maximum Gasteiger partial charge on any atom is 0.434 e. The predicted octanol–water partition coefficient (Wildman–Crippen LogP) is 3.79. The number of rotatable bonds is 4. The first-order chi connectivity index (χ1) is 11.5. The molecule has 1 aromatic carbocycles. The first-order valence-corrected chi connectivity index (χ1v) is 8.10. The van der Waals surface area contributed by atoms with Crippen molar-refractivity contribution in [2.24, 2.45) is 0 Å². The highest BCUT2D eigenvalue weighted by atomic mass is 32.1. The average molecular weight is 371 g/mol. The molecule has 0 bridgehead atoms. The largest absolute Gasteiger partial charge is 0.434 e. The third-order valence-electron chi connectivity index (χ3n) is 3.22. The Bertz CT molecular complexity index is 783. The van der Waals surface area contributed by atoms with Gasteiger partial charge >= 0.3 is 6.18 Å². The molecule has 1 heterocycles. The molecule has 0 unspecified atom stereocenters. The van der Waals surface area contributed by atoms with Gasteiger partial charge in [-0.3, -0.25) is 9.59 Å². The summed E-state index contributed by atoms with van der Waals surface area (Å²) in [5, 5.41) is 6.32. The van der Waals surface area contributed by atoms with Crippen molar-refractivity contribution in [2.45, 2.75) is 32.5 Å². The molecule has 2 N–H and O–H groups in total. The van der Waals surface area contributed by atoms with Gasteiger partial charge in [-0.05, 0) is 38.1 Å². The molecule has 0 radical (unpaired) electrons. The maximum atomic E-state index is 12.7. The molecule has 2 rings (SSSR count). The normalized spacial score (nSPS) is 11.9. The Hall–Kier alpha value is -2.42. The van der Waals surface area contributed by atoms with Gasteiger partial charge in [0.2, 0.25) is 5.91 Å². The van der Waals surface area contributed by atoms with E-state index in [1.54, 1.807) is 26.0 Å². The summed E-state index contributed by atoms with van der Waals surface area (Å²) in [6.45, 7) is 4.53. The van der Waals surface area contributed by atoms with Gasteiger partial charge in [0.1, 0.15) is 5.01 Å². The number of anilines is 1. The van der Waals surface area contributed by atoms with Crippen molar-refractivity contribution in [1.82, 2.24) is 10.3 Å². The van der Waals surface area contributed by atoms with Gasteiger partial charge in [-0.25, -0.2) is 4.98 Å². The van der Waals surface area contributed by atoms with Crippen LogP contribution in [0.5, 0.6) is 0 Å². The van der Waals surface area contributed by atoms with Gasteiger partial charge in [0.25, 0.3) is 5.91 Å². The molecular weight excluding hydrogens is 355 g/mol. The van der Waals surface area contributed by atoms with Crippen LogP contribution in [-0.2, 0) is 16.5 Å². The number of alkyl halides is 3. The van der Waals surface area contributed by atoms with E-state index in [0.717, 1.165) is 16.7 Å². The highest BCUT2D eigenvalue weighted by Crippen LogP contribution is 2.33. The van der Waals surface area contributed by atoms with Crippen LogP contribution in [0.1, 0.15) is 41.8 Å². The molecule has 0 saturated heterocycles. The van der Waals surface area contributed by atoms with E-state index in [2.05, 4.69) is 15.6 Å². The molecule has 0 saturated carbocycles. The van der Waals surface area contributed by atoms with Crippen molar-refractivity contribution in [2.75, 3.05) is 5.32 Å². The van der Waals surface area contributed by atoms with Crippen LogP contribution in [0.2, 0.25) is 0 Å². The summed E-state index contributed by atoms with van der Waals surface area (Å²) in [4.78, 5) is 26.9. The molecule has 0 fully saturated rings. The van der Waals surface area contributed by atoms with Gasteiger partial charge in [-0.2, -0.15) is 13.2 Å². The smallest absolute Gasteiger partial charge is 0.341 e. The number of benzene rings is 1. The van der Waals surface area contributed by atoms with Gasteiger partial charge in [0, 0.05) is 23.6 Å². The van der Waals surface area contributed by atoms with Crippen LogP contribution in [0.4, 0.5) is 18.9 Å². The highest BCUT2D eigenvalue weighted by molar-refractivity contribution is 7.09. The Balaban J connectivity index is 2.12. The van der Waals surface area contributed by atoms with Crippen LogP contribution >= 0.6 is 11.3 Å². The number of amides is 2. The van der Waals surface area contributed by atoms with Crippen molar-refractivity contribution in [1.29, 1.82) is 0 Å². The number of carbonyl (C=O) groups excluding carboxylic acids is 2.